The Morgan fingerprint density at radius 1 is 1.35 bits per heavy atom. The normalized spacial score (nSPS) is 23.2. The Hall–Kier alpha value is -0.390. The second-order valence-electron chi connectivity index (χ2n) is 5.71. The van der Waals surface area contributed by atoms with Crippen LogP contribution in [0.25, 0.3) is 0 Å². The lowest BCUT2D eigenvalue weighted by molar-refractivity contribution is 0.00828. The molecule has 4 nitrogen and oxygen atoms in total. The first-order valence-electron chi connectivity index (χ1n) is 7.64. The topological polar surface area (TPSA) is 39.1 Å². The van der Waals surface area contributed by atoms with Crippen LogP contribution in [0, 0.1) is 6.92 Å². The van der Waals surface area contributed by atoms with E-state index >= 15 is 0 Å². The molecule has 0 amide bonds. The molecule has 0 spiro atoms. The summed E-state index contributed by atoms with van der Waals surface area (Å²) in [5.74, 6) is 0. The molecule has 1 aliphatic carbocycles. The molecule has 0 radical (unpaired) electrons. The fourth-order valence-corrected chi connectivity index (χ4v) is 3.27. The fourth-order valence-electron chi connectivity index (χ4n) is 2.82. The number of nitrogens with one attached hydrogen (secondary N) is 1. The Morgan fingerprint density at radius 3 is 2.60 bits per heavy atom. The number of halogens is 1. The van der Waals surface area contributed by atoms with Gasteiger partial charge in [-0.25, -0.2) is 0 Å². The smallest absolute Gasteiger partial charge is 0.0900 e. The SMILES string of the molecule is CCCNC1CCC(OCc2c(Br)c(C)nn2C)CC1. The van der Waals surface area contributed by atoms with Crippen molar-refractivity contribution in [3.05, 3.63) is 15.9 Å². The lowest BCUT2D eigenvalue weighted by Gasteiger charge is -2.29. The van der Waals surface area contributed by atoms with E-state index in [1.807, 2.05) is 18.7 Å². The highest BCUT2D eigenvalue weighted by molar-refractivity contribution is 9.10. The second-order valence-corrected chi connectivity index (χ2v) is 6.50. The van der Waals surface area contributed by atoms with Gasteiger partial charge in [-0.15, -0.1) is 0 Å². The highest BCUT2D eigenvalue weighted by atomic mass is 79.9. The van der Waals surface area contributed by atoms with E-state index in [0.29, 0.717) is 18.8 Å². The van der Waals surface area contributed by atoms with E-state index in [0.717, 1.165) is 35.2 Å². The summed E-state index contributed by atoms with van der Waals surface area (Å²) >= 11 is 3.59. The molecular weight excluding hydrogens is 318 g/mol. The van der Waals surface area contributed by atoms with Gasteiger partial charge in [0.25, 0.3) is 0 Å². The lowest BCUT2D eigenvalue weighted by Crippen LogP contribution is -2.35. The number of nitrogens with zero attached hydrogens (tertiary/aromatic N) is 2. The highest BCUT2D eigenvalue weighted by Gasteiger charge is 2.22. The van der Waals surface area contributed by atoms with Gasteiger partial charge in [-0.2, -0.15) is 5.10 Å². The van der Waals surface area contributed by atoms with Gasteiger partial charge in [0, 0.05) is 13.1 Å². The monoisotopic (exact) mass is 343 g/mol. The molecule has 5 heteroatoms. The van der Waals surface area contributed by atoms with Gasteiger partial charge in [-0.05, 0) is 61.5 Å². The van der Waals surface area contributed by atoms with Crippen LogP contribution in [0.4, 0.5) is 0 Å². The van der Waals surface area contributed by atoms with Crippen LogP contribution < -0.4 is 5.32 Å². The Bertz CT molecular complexity index is 425. The van der Waals surface area contributed by atoms with Crippen molar-refractivity contribution in [1.82, 2.24) is 15.1 Å². The van der Waals surface area contributed by atoms with Crippen LogP contribution in [0.3, 0.4) is 0 Å². The minimum absolute atomic E-state index is 0.400. The summed E-state index contributed by atoms with van der Waals surface area (Å²) in [4.78, 5) is 0. The first-order chi connectivity index (χ1) is 9.61. The van der Waals surface area contributed by atoms with Crippen LogP contribution in [-0.4, -0.2) is 28.5 Å². The van der Waals surface area contributed by atoms with Crippen LogP contribution in [0.5, 0.6) is 0 Å². The van der Waals surface area contributed by atoms with Crippen LogP contribution in [-0.2, 0) is 18.4 Å². The second kappa shape index (κ2) is 7.57. The van der Waals surface area contributed by atoms with E-state index < -0.39 is 0 Å². The van der Waals surface area contributed by atoms with Gasteiger partial charge in [0.15, 0.2) is 0 Å². The molecule has 0 aliphatic heterocycles. The third-order valence-corrected chi connectivity index (χ3v) is 5.11. The van der Waals surface area contributed by atoms with Gasteiger partial charge in [0.1, 0.15) is 0 Å². The summed E-state index contributed by atoms with van der Waals surface area (Å²) in [6, 6.07) is 0.695. The van der Waals surface area contributed by atoms with E-state index in [1.165, 1.54) is 19.3 Å². The number of hydrogen-bond donors (Lipinski definition) is 1. The summed E-state index contributed by atoms with van der Waals surface area (Å²) in [7, 11) is 1.97. The maximum absolute atomic E-state index is 6.08. The van der Waals surface area contributed by atoms with Gasteiger partial charge in [0.05, 0.1) is 28.6 Å². The van der Waals surface area contributed by atoms with Crippen LogP contribution in [0.2, 0.25) is 0 Å². The van der Waals surface area contributed by atoms with Gasteiger partial charge >= 0.3 is 0 Å². The summed E-state index contributed by atoms with van der Waals surface area (Å²) in [6.07, 6.45) is 6.40. The summed E-state index contributed by atoms with van der Waals surface area (Å²) in [5.41, 5.74) is 2.16. The Kier molecular flexibility index (Phi) is 6.05. The van der Waals surface area contributed by atoms with Crippen molar-refractivity contribution < 1.29 is 4.74 Å². The van der Waals surface area contributed by atoms with E-state index in [2.05, 4.69) is 33.3 Å². The molecule has 2 rings (SSSR count). The maximum atomic E-state index is 6.08. The molecule has 1 heterocycles. The average Bonchev–Trinajstić information content (AvgIpc) is 2.69. The third-order valence-electron chi connectivity index (χ3n) is 4.07. The number of ether oxygens (including phenoxy) is 1. The molecule has 0 saturated heterocycles. The summed E-state index contributed by atoms with van der Waals surface area (Å²) in [6.45, 7) is 6.01. The van der Waals surface area contributed by atoms with Crippen LogP contribution in [0.1, 0.15) is 50.4 Å². The van der Waals surface area contributed by atoms with Crippen LogP contribution >= 0.6 is 15.9 Å². The highest BCUT2D eigenvalue weighted by Crippen LogP contribution is 2.25. The Balaban J connectivity index is 1.76. The van der Waals surface area contributed by atoms with Crippen LogP contribution in [0.15, 0.2) is 4.47 Å². The number of aromatic nitrogens is 2. The van der Waals surface area contributed by atoms with E-state index in [-0.39, 0.29) is 0 Å². The fraction of sp³-hybridized carbons (Fsp3) is 0.800. The number of aryl methyl sites for hydroxylation is 2. The van der Waals surface area contributed by atoms with Crippen molar-refractivity contribution in [2.24, 2.45) is 7.05 Å². The minimum atomic E-state index is 0.400. The molecular formula is C15H26BrN3O. The van der Waals surface area contributed by atoms with Crippen molar-refractivity contribution in [2.45, 2.75) is 64.7 Å². The average molecular weight is 344 g/mol. The first kappa shape index (κ1) is 16.0. The maximum Gasteiger partial charge on any atom is 0.0900 e. The van der Waals surface area contributed by atoms with Crippen molar-refractivity contribution >= 4 is 15.9 Å². The Labute approximate surface area is 130 Å². The molecule has 0 unspecified atom stereocenters. The summed E-state index contributed by atoms with van der Waals surface area (Å²) < 4.78 is 9.07. The molecule has 114 valence electrons. The number of rotatable bonds is 6. The third kappa shape index (κ3) is 4.06. The van der Waals surface area contributed by atoms with Crippen molar-refractivity contribution in [2.75, 3.05) is 6.54 Å². The number of hydrogen-bond acceptors (Lipinski definition) is 3. The van der Waals surface area contributed by atoms with E-state index in [9.17, 15) is 0 Å². The lowest BCUT2D eigenvalue weighted by atomic mass is 9.93. The van der Waals surface area contributed by atoms with E-state index in [4.69, 9.17) is 4.74 Å². The van der Waals surface area contributed by atoms with Gasteiger partial charge in [-0.1, -0.05) is 6.92 Å². The molecule has 1 aliphatic rings. The molecule has 1 aromatic rings. The summed E-state index contributed by atoms with van der Waals surface area (Å²) in [5, 5.41) is 8.01. The first-order valence-corrected chi connectivity index (χ1v) is 8.44. The van der Waals surface area contributed by atoms with Crippen molar-refractivity contribution in [3.8, 4) is 0 Å². The van der Waals surface area contributed by atoms with Crippen molar-refractivity contribution in [3.63, 3.8) is 0 Å². The molecule has 0 atom stereocenters. The van der Waals surface area contributed by atoms with E-state index in [1.54, 1.807) is 0 Å². The standard InChI is InChI=1S/C15H26BrN3O/c1-4-9-17-12-5-7-13(8-6-12)20-10-14-15(16)11(2)18-19(14)3/h12-13,17H,4-10H2,1-3H3. The molecule has 1 aromatic heterocycles. The van der Waals surface area contributed by atoms with Gasteiger partial charge in [0.2, 0.25) is 0 Å². The van der Waals surface area contributed by atoms with Crippen molar-refractivity contribution in [1.29, 1.82) is 0 Å². The molecule has 20 heavy (non-hydrogen) atoms. The molecule has 1 fully saturated rings. The molecule has 0 aromatic carbocycles. The largest absolute Gasteiger partial charge is 0.372 e. The minimum Gasteiger partial charge on any atom is -0.372 e. The van der Waals surface area contributed by atoms with Gasteiger partial charge in [-0.3, -0.25) is 4.68 Å². The predicted octanol–water partition coefficient (Wildman–Crippen LogP) is 3.32. The molecule has 0 bridgehead atoms. The zero-order valence-electron chi connectivity index (χ0n) is 12.8. The predicted molar refractivity (Wildman–Crippen MR) is 84.8 cm³/mol. The van der Waals surface area contributed by atoms with Gasteiger partial charge < -0.3 is 10.1 Å². The molecule has 1 N–H and O–H groups in total. The molecule has 1 saturated carbocycles. The zero-order valence-corrected chi connectivity index (χ0v) is 14.4. The Morgan fingerprint density at radius 2 is 2.05 bits per heavy atom. The zero-order chi connectivity index (χ0) is 14.5. The quantitative estimate of drug-likeness (QED) is 0.861.